The van der Waals surface area contributed by atoms with Crippen LogP contribution in [0.2, 0.25) is 0 Å². The molecule has 90 valence electrons. The molecule has 0 aromatic carbocycles. The summed E-state index contributed by atoms with van der Waals surface area (Å²) in [6.45, 7) is 4.92. The van der Waals surface area contributed by atoms with E-state index in [2.05, 4.69) is 30.4 Å². The second kappa shape index (κ2) is 6.40. The Kier molecular flexibility index (Phi) is 4.85. The SMILES string of the molecule is BrCCC1CCN(CCCn2ccnc2)C1. The fourth-order valence-electron chi connectivity index (χ4n) is 2.40. The number of halogens is 1. The molecule has 0 radical (unpaired) electrons. The van der Waals surface area contributed by atoms with Gasteiger partial charge in [0.05, 0.1) is 6.33 Å². The van der Waals surface area contributed by atoms with Crippen molar-refractivity contribution >= 4 is 15.9 Å². The lowest BCUT2D eigenvalue weighted by atomic mass is 10.1. The number of nitrogens with zero attached hydrogens (tertiary/aromatic N) is 3. The van der Waals surface area contributed by atoms with Crippen LogP contribution < -0.4 is 0 Å². The molecule has 1 aliphatic rings. The van der Waals surface area contributed by atoms with Gasteiger partial charge in [-0.3, -0.25) is 0 Å². The van der Waals surface area contributed by atoms with Crippen LogP contribution in [0.1, 0.15) is 19.3 Å². The van der Waals surface area contributed by atoms with E-state index in [9.17, 15) is 0 Å². The summed E-state index contributed by atoms with van der Waals surface area (Å²) < 4.78 is 2.16. The van der Waals surface area contributed by atoms with E-state index in [1.165, 1.54) is 38.9 Å². The molecule has 3 nitrogen and oxygen atoms in total. The molecule has 0 spiro atoms. The van der Waals surface area contributed by atoms with E-state index < -0.39 is 0 Å². The van der Waals surface area contributed by atoms with Crippen LogP contribution in [0.25, 0.3) is 0 Å². The van der Waals surface area contributed by atoms with E-state index in [1.54, 1.807) is 0 Å². The lowest BCUT2D eigenvalue weighted by Gasteiger charge is -2.15. The fraction of sp³-hybridized carbons (Fsp3) is 0.750. The van der Waals surface area contributed by atoms with Crippen LogP contribution in [0.15, 0.2) is 18.7 Å². The molecule has 4 heteroatoms. The quantitative estimate of drug-likeness (QED) is 0.749. The highest BCUT2D eigenvalue weighted by molar-refractivity contribution is 9.09. The van der Waals surface area contributed by atoms with Gasteiger partial charge in [-0.2, -0.15) is 0 Å². The summed E-state index contributed by atoms with van der Waals surface area (Å²) in [6, 6.07) is 0. The first-order valence-corrected chi connectivity index (χ1v) is 7.24. The fourth-order valence-corrected chi connectivity index (χ4v) is 3.05. The molecular weight excluding hydrogens is 266 g/mol. The molecule has 1 aromatic rings. The molecule has 0 bridgehead atoms. The third-order valence-electron chi connectivity index (χ3n) is 3.34. The van der Waals surface area contributed by atoms with E-state index >= 15 is 0 Å². The highest BCUT2D eigenvalue weighted by atomic mass is 79.9. The summed E-state index contributed by atoms with van der Waals surface area (Å²) >= 11 is 3.53. The van der Waals surface area contributed by atoms with E-state index in [0.29, 0.717) is 0 Å². The van der Waals surface area contributed by atoms with Crippen LogP contribution in [-0.4, -0.2) is 39.4 Å². The van der Waals surface area contributed by atoms with Crippen LogP contribution in [0.3, 0.4) is 0 Å². The van der Waals surface area contributed by atoms with Gasteiger partial charge in [0.1, 0.15) is 0 Å². The Balaban J connectivity index is 1.60. The summed E-state index contributed by atoms with van der Waals surface area (Å²) in [6.07, 6.45) is 9.74. The smallest absolute Gasteiger partial charge is 0.0945 e. The van der Waals surface area contributed by atoms with Crippen molar-refractivity contribution in [3.63, 3.8) is 0 Å². The summed E-state index contributed by atoms with van der Waals surface area (Å²) in [5.41, 5.74) is 0. The van der Waals surface area contributed by atoms with Crippen molar-refractivity contribution in [1.82, 2.24) is 14.5 Å². The number of aryl methyl sites for hydroxylation is 1. The molecular formula is C12H20BrN3. The average Bonchev–Trinajstić information content (AvgIpc) is 2.90. The average molecular weight is 286 g/mol. The predicted molar refractivity (Wildman–Crippen MR) is 69.8 cm³/mol. The minimum Gasteiger partial charge on any atom is -0.337 e. The zero-order valence-corrected chi connectivity index (χ0v) is 11.3. The van der Waals surface area contributed by atoms with Gasteiger partial charge in [-0.1, -0.05) is 15.9 Å². The number of hydrogen-bond acceptors (Lipinski definition) is 2. The minimum atomic E-state index is 0.924. The van der Waals surface area contributed by atoms with Crippen LogP contribution in [0.4, 0.5) is 0 Å². The maximum Gasteiger partial charge on any atom is 0.0945 e. The molecule has 1 unspecified atom stereocenters. The van der Waals surface area contributed by atoms with Crippen molar-refractivity contribution in [3.05, 3.63) is 18.7 Å². The Hall–Kier alpha value is -0.350. The molecule has 1 aromatic heterocycles. The summed E-state index contributed by atoms with van der Waals surface area (Å²) in [4.78, 5) is 6.65. The van der Waals surface area contributed by atoms with Gasteiger partial charge in [0.15, 0.2) is 0 Å². The molecule has 1 fully saturated rings. The van der Waals surface area contributed by atoms with Crippen molar-refractivity contribution < 1.29 is 0 Å². The highest BCUT2D eigenvalue weighted by Gasteiger charge is 2.20. The first kappa shape index (κ1) is 12.1. The topological polar surface area (TPSA) is 21.1 Å². The van der Waals surface area contributed by atoms with Gasteiger partial charge in [0.2, 0.25) is 0 Å². The molecule has 1 saturated heterocycles. The number of imidazole rings is 1. The van der Waals surface area contributed by atoms with Crippen LogP contribution >= 0.6 is 15.9 Å². The van der Waals surface area contributed by atoms with Crippen molar-refractivity contribution in [2.24, 2.45) is 5.92 Å². The molecule has 1 aliphatic heterocycles. The van der Waals surface area contributed by atoms with Crippen molar-refractivity contribution in [1.29, 1.82) is 0 Å². The Labute approximate surface area is 106 Å². The minimum absolute atomic E-state index is 0.924. The lowest BCUT2D eigenvalue weighted by Crippen LogP contribution is -2.23. The molecule has 0 aliphatic carbocycles. The first-order valence-electron chi connectivity index (χ1n) is 6.12. The predicted octanol–water partition coefficient (Wildman–Crippen LogP) is 2.38. The zero-order chi connectivity index (χ0) is 11.2. The summed E-state index contributed by atoms with van der Waals surface area (Å²) in [7, 11) is 0. The summed E-state index contributed by atoms with van der Waals surface area (Å²) in [5.74, 6) is 0.924. The van der Waals surface area contributed by atoms with Crippen LogP contribution in [0, 0.1) is 5.92 Å². The number of likely N-dealkylation sites (tertiary alicyclic amines) is 1. The van der Waals surface area contributed by atoms with Gasteiger partial charge in [0, 0.05) is 30.8 Å². The van der Waals surface area contributed by atoms with Crippen LogP contribution in [0.5, 0.6) is 0 Å². The Morgan fingerprint density at radius 2 is 2.31 bits per heavy atom. The van der Waals surface area contributed by atoms with Gasteiger partial charge in [-0.15, -0.1) is 0 Å². The molecule has 0 saturated carbocycles. The zero-order valence-electron chi connectivity index (χ0n) is 9.69. The Morgan fingerprint density at radius 3 is 3.06 bits per heavy atom. The van der Waals surface area contributed by atoms with Crippen molar-refractivity contribution in [2.45, 2.75) is 25.8 Å². The summed E-state index contributed by atoms with van der Waals surface area (Å²) in [5, 5.41) is 1.15. The van der Waals surface area contributed by atoms with Gasteiger partial charge in [-0.05, 0) is 38.3 Å². The molecule has 0 N–H and O–H groups in total. The van der Waals surface area contributed by atoms with E-state index in [4.69, 9.17) is 0 Å². The van der Waals surface area contributed by atoms with Gasteiger partial charge < -0.3 is 9.47 Å². The molecule has 16 heavy (non-hydrogen) atoms. The third-order valence-corrected chi connectivity index (χ3v) is 3.80. The third kappa shape index (κ3) is 3.59. The van der Waals surface area contributed by atoms with Gasteiger partial charge in [0.25, 0.3) is 0 Å². The Morgan fingerprint density at radius 1 is 1.38 bits per heavy atom. The van der Waals surface area contributed by atoms with E-state index in [0.717, 1.165) is 17.8 Å². The lowest BCUT2D eigenvalue weighted by molar-refractivity contribution is 0.311. The van der Waals surface area contributed by atoms with Crippen molar-refractivity contribution in [2.75, 3.05) is 25.0 Å². The highest BCUT2D eigenvalue weighted by Crippen LogP contribution is 2.20. The van der Waals surface area contributed by atoms with E-state index in [1.807, 2.05) is 18.7 Å². The van der Waals surface area contributed by atoms with Crippen molar-refractivity contribution in [3.8, 4) is 0 Å². The molecule has 2 rings (SSSR count). The normalized spacial score (nSPS) is 21.7. The van der Waals surface area contributed by atoms with Gasteiger partial charge in [-0.25, -0.2) is 4.98 Å². The number of aromatic nitrogens is 2. The number of alkyl halides is 1. The monoisotopic (exact) mass is 285 g/mol. The standard InChI is InChI=1S/C12H20BrN3/c13-4-2-12-3-8-15(10-12)6-1-7-16-9-5-14-11-16/h5,9,11-12H,1-4,6-8,10H2. The Bertz CT molecular complexity index is 286. The van der Waals surface area contributed by atoms with Crippen LogP contribution in [-0.2, 0) is 6.54 Å². The number of hydrogen-bond donors (Lipinski definition) is 0. The van der Waals surface area contributed by atoms with E-state index in [-0.39, 0.29) is 0 Å². The van der Waals surface area contributed by atoms with Gasteiger partial charge >= 0.3 is 0 Å². The molecule has 1 atom stereocenters. The maximum atomic E-state index is 4.05. The first-order chi connectivity index (χ1) is 7.88. The maximum absolute atomic E-state index is 4.05. The molecule has 0 amide bonds. The second-order valence-electron chi connectivity index (χ2n) is 4.59. The molecule has 2 heterocycles. The second-order valence-corrected chi connectivity index (χ2v) is 5.38. The number of rotatable bonds is 6. The largest absolute Gasteiger partial charge is 0.337 e.